The van der Waals surface area contributed by atoms with E-state index in [0.717, 1.165) is 37.6 Å². The van der Waals surface area contributed by atoms with Crippen molar-refractivity contribution in [3.05, 3.63) is 24.3 Å². The average molecular weight is 671 g/mol. The fourth-order valence-corrected chi connectivity index (χ4v) is 7.02. The predicted molar refractivity (Wildman–Crippen MR) is 215 cm³/mol. The molecule has 0 heterocycles. The van der Waals surface area contributed by atoms with Gasteiger partial charge in [0.1, 0.15) is 11.5 Å². The molecule has 1 aromatic rings. The van der Waals surface area contributed by atoms with E-state index in [1.807, 2.05) is 0 Å². The van der Waals surface area contributed by atoms with E-state index in [2.05, 4.69) is 38.1 Å². The van der Waals surface area contributed by atoms with Gasteiger partial charge < -0.3 is 9.47 Å². The van der Waals surface area contributed by atoms with Gasteiger partial charge in [0.15, 0.2) is 0 Å². The first-order chi connectivity index (χ1) is 23.9. The second-order valence-electron chi connectivity index (χ2n) is 15.2. The van der Waals surface area contributed by atoms with Crippen molar-refractivity contribution in [2.75, 3.05) is 13.2 Å². The lowest BCUT2D eigenvalue weighted by Crippen LogP contribution is -1.99. The number of benzene rings is 1. The number of hydrogen-bond donors (Lipinski definition) is 0. The van der Waals surface area contributed by atoms with E-state index in [4.69, 9.17) is 9.47 Å². The van der Waals surface area contributed by atoms with Gasteiger partial charge in [-0.2, -0.15) is 0 Å². The van der Waals surface area contributed by atoms with Crippen LogP contribution in [-0.4, -0.2) is 13.2 Å². The zero-order chi connectivity index (χ0) is 34.3. The number of ether oxygens (including phenoxy) is 2. The summed E-state index contributed by atoms with van der Waals surface area (Å²) in [4.78, 5) is 0. The number of rotatable bonds is 40. The van der Waals surface area contributed by atoms with Gasteiger partial charge in [-0.15, -0.1) is 0 Å². The molecule has 1 rings (SSSR count). The standard InChI is InChI=1S/C46H86O2/c1-3-5-7-9-11-13-15-17-19-21-23-25-27-29-31-33-35-37-43-47-45-39-41-46(42-40-45)48-44-38-36-34-32-30-28-26-24-22-20-18-16-14-12-10-8-6-4-2/h39-42H,3-38,43-44H2,1-2H3. The second-order valence-corrected chi connectivity index (χ2v) is 15.2. The zero-order valence-corrected chi connectivity index (χ0v) is 33.0. The van der Waals surface area contributed by atoms with E-state index in [1.54, 1.807) is 0 Å². The molecule has 0 N–H and O–H groups in total. The predicted octanol–water partition coefficient (Wildman–Crippen LogP) is 16.5. The van der Waals surface area contributed by atoms with Crippen LogP contribution in [0.5, 0.6) is 11.5 Å². The van der Waals surface area contributed by atoms with Crippen molar-refractivity contribution in [1.82, 2.24) is 0 Å². The van der Waals surface area contributed by atoms with Gasteiger partial charge in [0.2, 0.25) is 0 Å². The molecule has 0 aliphatic heterocycles. The van der Waals surface area contributed by atoms with Crippen LogP contribution < -0.4 is 9.47 Å². The summed E-state index contributed by atoms with van der Waals surface area (Å²) in [7, 11) is 0. The molecule has 0 atom stereocenters. The summed E-state index contributed by atoms with van der Waals surface area (Å²) in [6, 6.07) is 8.28. The van der Waals surface area contributed by atoms with Crippen molar-refractivity contribution < 1.29 is 9.47 Å². The van der Waals surface area contributed by atoms with Gasteiger partial charge in [0, 0.05) is 0 Å². The van der Waals surface area contributed by atoms with Crippen molar-refractivity contribution >= 4 is 0 Å². The third-order valence-corrected chi connectivity index (χ3v) is 10.4. The lowest BCUT2D eigenvalue weighted by molar-refractivity contribution is 0.296. The van der Waals surface area contributed by atoms with E-state index in [-0.39, 0.29) is 0 Å². The molecular weight excluding hydrogens is 585 g/mol. The Kier molecular flexibility index (Phi) is 36.1. The highest BCUT2D eigenvalue weighted by Gasteiger charge is 2.00. The summed E-state index contributed by atoms with van der Waals surface area (Å²) in [5.41, 5.74) is 0. The summed E-state index contributed by atoms with van der Waals surface area (Å²) < 4.78 is 12.0. The Hall–Kier alpha value is -1.18. The maximum atomic E-state index is 5.98. The smallest absolute Gasteiger partial charge is 0.119 e. The zero-order valence-electron chi connectivity index (χ0n) is 33.0. The maximum Gasteiger partial charge on any atom is 0.119 e. The van der Waals surface area contributed by atoms with Gasteiger partial charge in [-0.25, -0.2) is 0 Å². The third kappa shape index (κ3) is 33.3. The summed E-state index contributed by atoms with van der Waals surface area (Å²) in [6.07, 6.45) is 50.9. The van der Waals surface area contributed by atoms with Crippen LogP contribution in [0.2, 0.25) is 0 Å². The Morgan fingerprint density at radius 3 is 0.604 bits per heavy atom. The summed E-state index contributed by atoms with van der Waals surface area (Å²) in [6.45, 7) is 6.27. The van der Waals surface area contributed by atoms with Crippen LogP contribution in [0, 0.1) is 0 Å². The molecule has 0 saturated carbocycles. The van der Waals surface area contributed by atoms with Gasteiger partial charge in [-0.1, -0.05) is 232 Å². The Labute approximate surface area is 302 Å². The fraction of sp³-hybridized carbons (Fsp3) is 0.870. The van der Waals surface area contributed by atoms with Crippen LogP contribution in [0.4, 0.5) is 0 Å². The average Bonchev–Trinajstić information content (AvgIpc) is 3.11. The molecule has 0 amide bonds. The molecule has 0 aliphatic rings. The van der Waals surface area contributed by atoms with Gasteiger partial charge in [-0.3, -0.25) is 0 Å². The van der Waals surface area contributed by atoms with Crippen LogP contribution in [0.1, 0.15) is 245 Å². The first kappa shape index (κ1) is 44.8. The summed E-state index contributed by atoms with van der Waals surface area (Å²) in [5.74, 6) is 1.95. The molecular formula is C46H86O2. The normalized spacial score (nSPS) is 11.4. The van der Waals surface area contributed by atoms with E-state index < -0.39 is 0 Å². The van der Waals surface area contributed by atoms with E-state index in [1.165, 1.54) is 218 Å². The van der Waals surface area contributed by atoms with Crippen LogP contribution in [0.15, 0.2) is 24.3 Å². The monoisotopic (exact) mass is 671 g/mol. The molecule has 282 valence electrons. The molecule has 48 heavy (non-hydrogen) atoms. The van der Waals surface area contributed by atoms with Crippen molar-refractivity contribution in [3.8, 4) is 11.5 Å². The molecule has 0 unspecified atom stereocenters. The lowest BCUT2D eigenvalue weighted by Gasteiger charge is -2.09. The van der Waals surface area contributed by atoms with Gasteiger partial charge >= 0.3 is 0 Å². The molecule has 0 bridgehead atoms. The molecule has 0 spiro atoms. The quantitative estimate of drug-likeness (QED) is 0.0647. The largest absolute Gasteiger partial charge is 0.494 e. The maximum absolute atomic E-state index is 5.98. The molecule has 0 aromatic heterocycles. The van der Waals surface area contributed by atoms with Crippen molar-refractivity contribution in [2.24, 2.45) is 0 Å². The van der Waals surface area contributed by atoms with E-state index >= 15 is 0 Å². The van der Waals surface area contributed by atoms with Crippen molar-refractivity contribution in [3.63, 3.8) is 0 Å². The van der Waals surface area contributed by atoms with Crippen LogP contribution in [-0.2, 0) is 0 Å². The highest BCUT2D eigenvalue weighted by Crippen LogP contribution is 2.20. The Morgan fingerprint density at radius 2 is 0.417 bits per heavy atom. The highest BCUT2D eigenvalue weighted by molar-refractivity contribution is 5.31. The van der Waals surface area contributed by atoms with Crippen molar-refractivity contribution in [1.29, 1.82) is 0 Å². The minimum absolute atomic E-state index is 0.832. The minimum atomic E-state index is 0.832. The second kappa shape index (κ2) is 38.6. The lowest BCUT2D eigenvalue weighted by atomic mass is 10.0. The Morgan fingerprint density at radius 1 is 0.250 bits per heavy atom. The number of unbranched alkanes of at least 4 members (excludes halogenated alkanes) is 34. The van der Waals surface area contributed by atoms with Gasteiger partial charge in [0.05, 0.1) is 13.2 Å². The van der Waals surface area contributed by atoms with Gasteiger partial charge in [-0.05, 0) is 37.1 Å². The summed E-state index contributed by atoms with van der Waals surface area (Å²) >= 11 is 0. The van der Waals surface area contributed by atoms with Crippen LogP contribution >= 0.6 is 0 Å². The van der Waals surface area contributed by atoms with E-state index in [0.29, 0.717) is 0 Å². The highest BCUT2D eigenvalue weighted by atomic mass is 16.5. The topological polar surface area (TPSA) is 18.5 Å². The molecule has 2 nitrogen and oxygen atoms in total. The molecule has 0 aliphatic carbocycles. The summed E-state index contributed by atoms with van der Waals surface area (Å²) in [5, 5.41) is 0. The minimum Gasteiger partial charge on any atom is -0.494 e. The third-order valence-electron chi connectivity index (χ3n) is 10.4. The Bertz CT molecular complexity index is 652. The first-order valence-corrected chi connectivity index (χ1v) is 22.2. The fourth-order valence-electron chi connectivity index (χ4n) is 7.02. The van der Waals surface area contributed by atoms with Crippen LogP contribution in [0.25, 0.3) is 0 Å². The van der Waals surface area contributed by atoms with Crippen molar-refractivity contribution in [2.45, 2.75) is 245 Å². The molecule has 0 fully saturated rings. The molecule has 0 saturated heterocycles. The Balaban J connectivity index is 1.77. The van der Waals surface area contributed by atoms with E-state index in [9.17, 15) is 0 Å². The number of hydrogen-bond acceptors (Lipinski definition) is 2. The first-order valence-electron chi connectivity index (χ1n) is 22.2. The van der Waals surface area contributed by atoms with Crippen LogP contribution in [0.3, 0.4) is 0 Å². The SMILES string of the molecule is CCCCCCCCCCCCCCCCCCCCOc1ccc(OCCCCCCCCCCCCCCCCCCCC)cc1. The van der Waals surface area contributed by atoms with Gasteiger partial charge in [0.25, 0.3) is 0 Å². The molecule has 0 radical (unpaired) electrons. The molecule has 1 aromatic carbocycles. The molecule has 2 heteroatoms.